The molecule has 0 atom stereocenters. The van der Waals surface area contributed by atoms with E-state index >= 15 is 0 Å². The number of nitrogens with one attached hydrogen (secondary N) is 2. The molecule has 2 heterocycles. The molecule has 0 aromatic carbocycles. The molecule has 0 spiro atoms. The number of aliphatic imine (C=N–C) groups is 1. The maximum atomic E-state index is 11.2. The molecule has 0 radical (unpaired) electrons. The van der Waals surface area contributed by atoms with Crippen LogP contribution in [0.4, 0.5) is 0 Å². The molecule has 136 valence electrons. The number of hydrogen-bond acceptors (Lipinski definition) is 7. The number of guanidine groups is 1. The van der Waals surface area contributed by atoms with Crippen LogP contribution in [-0.4, -0.2) is 46.1 Å². The van der Waals surface area contributed by atoms with Gasteiger partial charge >= 0.3 is 5.97 Å². The van der Waals surface area contributed by atoms with Crippen LogP contribution in [0.1, 0.15) is 36.2 Å². The predicted octanol–water partition coefficient (Wildman–Crippen LogP) is 0.896. The van der Waals surface area contributed by atoms with Crippen molar-refractivity contribution >= 4 is 23.3 Å². The first kappa shape index (κ1) is 18.8. The van der Waals surface area contributed by atoms with Crippen LogP contribution in [0.25, 0.3) is 0 Å². The fraction of sp³-hybridized carbons (Fsp3) is 0.533. The Bertz CT molecular complexity index is 723. The van der Waals surface area contributed by atoms with Gasteiger partial charge in [0, 0.05) is 12.4 Å². The van der Waals surface area contributed by atoms with E-state index in [1.165, 1.54) is 11.8 Å². The van der Waals surface area contributed by atoms with Crippen LogP contribution in [-0.2, 0) is 29.2 Å². The second-order valence-corrected chi connectivity index (χ2v) is 6.53. The second-order valence-electron chi connectivity index (χ2n) is 5.58. The maximum Gasteiger partial charge on any atom is 0.327 e. The molecular weight excluding hydrogens is 342 g/mol. The van der Waals surface area contributed by atoms with Gasteiger partial charge in [0.1, 0.15) is 17.2 Å². The number of ether oxygens (including phenoxy) is 1. The summed E-state index contributed by atoms with van der Waals surface area (Å²) in [7, 11) is 3.04. The van der Waals surface area contributed by atoms with Crippen molar-refractivity contribution in [3.05, 3.63) is 28.0 Å². The van der Waals surface area contributed by atoms with E-state index in [4.69, 9.17) is 0 Å². The molecule has 0 saturated carbocycles. The smallest absolute Gasteiger partial charge is 0.327 e. The summed E-state index contributed by atoms with van der Waals surface area (Å²) < 4.78 is 6.02. The molecule has 0 saturated heterocycles. The van der Waals surface area contributed by atoms with Gasteiger partial charge < -0.3 is 15.4 Å². The minimum atomic E-state index is -0.369. The number of carbonyl (C=O) groups is 1. The van der Waals surface area contributed by atoms with Crippen LogP contribution >= 0.6 is 11.3 Å². The van der Waals surface area contributed by atoms with Gasteiger partial charge in [-0.15, -0.1) is 16.4 Å². The van der Waals surface area contributed by atoms with Gasteiger partial charge in [-0.3, -0.25) is 9.79 Å². The van der Waals surface area contributed by atoms with Gasteiger partial charge in [-0.25, -0.2) is 9.67 Å². The highest BCUT2D eigenvalue weighted by molar-refractivity contribution is 7.09. The van der Waals surface area contributed by atoms with Gasteiger partial charge in [0.05, 0.1) is 32.1 Å². The van der Waals surface area contributed by atoms with Crippen molar-refractivity contribution < 1.29 is 9.53 Å². The Hall–Kier alpha value is -2.49. The summed E-state index contributed by atoms with van der Waals surface area (Å²) in [6.07, 6.45) is 1.69. The van der Waals surface area contributed by atoms with E-state index in [9.17, 15) is 4.79 Å². The fourth-order valence-corrected chi connectivity index (χ4v) is 2.81. The minimum absolute atomic E-state index is 0.0404. The topological polar surface area (TPSA) is 106 Å². The lowest BCUT2D eigenvalue weighted by Crippen LogP contribution is -2.36. The maximum absolute atomic E-state index is 11.2. The normalized spacial score (nSPS) is 11.6. The molecule has 25 heavy (non-hydrogen) atoms. The Balaban J connectivity index is 1.81. The Morgan fingerprint density at radius 3 is 2.80 bits per heavy atom. The van der Waals surface area contributed by atoms with Crippen molar-refractivity contribution in [2.45, 2.75) is 39.4 Å². The van der Waals surface area contributed by atoms with E-state index in [1.54, 1.807) is 24.6 Å². The molecule has 2 rings (SSSR count). The third kappa shape index (κ3) is 5.82. The van der Waals surface area contributed by atoms with Gasteiger partial charge in [0.25, 0.3) is 0 Å². The largest absolute Gasteiger partial charge is 0.468 e. The molecule has 0 aliphatic heterocycles. The first-order valence-electron chi connectivity index (χ1n) is 7.86. The van der Waals surface area contributed by atoms with Crippen molar-refractivity contribution in [3.63, 3.8) is 0 Å². The van der Waals surface area contributed by atoms with Crippen molar-refractivity contribution in [1.82, 2.24) is 30.6 Å². The van der Waals surface area contributed by atoms with Crippen LogP contribution in [0.15, 0.2) is 16.6 Å². The van der Waals surface area contributed by atoms with Crippen LogP contribution < -0.4 is 10.6 Å². The Kier molecular flexibility index (Phi) is 6.87. The van der Waals surface area contributed by atoms with E-state index in [-0.39, 0.29) is 12.5 Å². The molecule has 0 aliphatic rings. The molecule has 2 N–H and O–H groups in total. The van der Waals surface area contributed by atoms with Gasteiger partial charge in [0.15, 0.2) is 5.96 Å². The number of methoxy groups -OCH3 is 1. The van der Waals surface area contributed by atoms with Crippen LogP contribution in [0.5, 0.6) is 0 Å². The lowest BCUT2D eigenvalue weighted by molar-refractivity contribution is -0.141. The molecule has 9 nitrogen and oxygen atoms in total. The van der Waals surface area contributed by atoms with E-state index in [1.807, 2.05) is 0 Å². The van der Waals surface area contributed by atoms with Crippen LogP contribution in [0.2, 0.25) is 0 Å². The molecule has 0 aliphatic carbocycles. The average Bonchev–Trinajstić information content (AvgIpc) is 3.24. The molecule has 10 heteroatoms. The number of esters is 1. The zero-order valence-electron chi connectivity index (χ0n) is 14.8. The van der Waals surface area contributed by atoms with Crippen molar-refractivity contribution in [2.24, 2.45) is 4.99 Å². The summed E-state index contributed by atoms with van der Waals surface area (Å²) >= 11 is 1.63. The molecule has 0 fully saturated rings. The Morgan fingerprint density at radius 1 is 1.40 bits per heavy atom. The molecule has 0 unspecified atom stereocenters. The number of nitrogens with zero attached hydrogens (tertiary/aromatic N) is 5. The Morgan fingerprint density at radius 2 is 2.16 bits per heavy atom. The monoisotopic (exact) mass is 365 g/mol. The zero-order valence-corrected chi connectivity index (χ0v) is 15.6. The molecule has 2 aromatic rings. The average molecular weight is 365 g/mol. The third-order valence-electron chi connectivity index (χ3n) is 3.33. The summed E-state index contributed by atoms with van der Waals surface area (Å²) in [6, 6.07) is 0. The van der Waals surface area contributed by atoms with Crippen LogP contribution in [0, 0.1) is 0 Å². The number of hydrogen-bond donors (Lipinski definition) is 2. The first-order chi connectivity index (χ1) is 12.0. The van der Waals surface area contributed by atoms with E-state index in [2.05, 4.69) is 54.9 Å². The predicted molar refractivity (Wildman–Crippen MR) is 95.3 cm³/mol. The SMILES string of the molecule is CN=C(NCc1cn(CC(=O)OC)nn1)NCc1nc(C(C)C)cs1. The van der Waals surface area contributed by atoms with Gasteiger partial charge in [0.2, 0.25) is 0 Å². The lowest BCUT2D eigenvalue weighted by atomic mass is 10.2. The van der Waals surface area contributed by atoms with Gasteiger partial charge in [-0.2, -0.15) is 0 Å². The fourth-order valence-electron chi connectivity index (χ4n) is 1.92. The summed E-state index contributed by atoms with van der Waals surface area (Å²) in [4.78, 5) is 20.0. The highest BCUT2D eigenvalue weighted by Gasteiger charge is 2.08. The van der Waals surface area contributed by atoms with E-state index < -0.39 is 0 Å². The number of aromatic nitrogens is 4. The molecular formula is C15H23N7O2S. The highest BCUT2D eigenvalue weighted by atomic mass is 32.1. The van der Waals surface area contributed by atoms with Gasteiger partial charge in [-0.05, 0) is 5.92 Å². The highest BCUT2D eigenvalue weighted by Crippen LogP contribution is 2.17. The molecule has 0 bridgehead atoms. The zero-order chi connectivity index (χ0) is 18.2. The first-order valence-corrected chi connectivity index (χ1v) is 8.74. The van der Waals surface area contributed by atoms with Crippen LogP contribution in [0.3, 0.4) is 0 Å². The summed E-state index contributed by atoms with van der Waals surface area (Å²) in [5.41, 5.74) is 1.80. The molecule has 0 amide bonds. The number of thiazole rings is 1. The Labute approximate surface area is 150 Å². The van der Waals surface area contributed by atoms with Crippen molar-refractivity contribution in [1.29, 1.82) is 0 Å². The number of carbonyl (C=O) groups excluding carboxylic acids is 1. The summed E-state index contributed by atoms with van der Waals surface area (Å²) in [5.74, 6) is 0.699. The quantitative estimate of drug-likeness (QED) is 0.426. The second kappa shape index (κ2) is 9.11. The van der Waals surface area contributed by atoms with E-state index in [0.717, 1.165) is 10.7 Å². The standard InChI is InChI=1S/C15H23N7O2S/c1-10(2)12-9-25-13(19-12)6-18-15(16-3)17-5-11-7-22(21-20-11)8-14(23)24-4/h7,9-10H,5-6,8H2,1-4H3,(H2,16,17,18). The van der Waals surface area contributed by atoms with E-state index in [0.29, 0.717) is 30.7 Å². The van der Waals surface area contributed by atoms with Gasteiger partial charge in [-0.1, -0.05) is 19.1 Å². The summed E-state index contributed by atoms with van der Waals surface area (Å²) in [6.45, 7) is 5.33. The lowest BCUT2D eigenvalue weighted by Gasteiger charge is -2.09. The third-order valence-corrected chi connectivity index (χ3v) is 4.20. The minimum Gasteiger partial charge on any atom is -0.468 e. The van der Waals surface area contributed by atoms with Crippen molar-refractivity contribution in [3.8, 4) is 0 Å². The van der Waals surface area contributed by atoms with Crippen molar-refractivity contribution in [2.75, 3.05) is 14.2 Å². The molecule has 2 aromatic heterocycles. The number of rotatable bonds is 7. The summed E-state index contributed by atoms with van der Waals surface area (Å²) in [5, 5.41) is 17.3.